The van der Waals surface area contributed by atoms with Crippen molar-refractivity contribution in [2.45, 2.75) is 26.3 Å². The van der Waals surface area contributed by atoms with Crippen molar-refractivity contribution in [2.24, 2.45) is 5.92 Å². The highest BCUT2D eigenvalue weighted by Crippen LogP contribution is 2.09. The molecule has 0 fully saturated rings. The fraction of sp³-hybridized carbons (Fsp3) is 0.615. The van der Waals surface area contributed by atoms with Gasteiger partial charge in [-0.1, -0.05) is 13.0 Å². The molecule has 0 saturated carbocycles. The van der Waals surface area contributed by atoms with E-state index in [4.69, 9.17) is 4.74 Å². The van der Waals surface area contributed by atoms with Crippen LogP contribution in [0.15, 0.2) is 24.4 Å². The molecular weight excluding hydrogens is 200 g/mol. The molecule has 0 spiro atoms. The molecule has 0 bridgehead atoms. The van der Waals surface area contributed by atoms with Gasteiger partial charge in [0.05, 0.1) is 6.61 Å². The minimum Gasteiger partial charge on any atom is -0.383 e. The van der Waals surface area contributed by atoms with Crippen LogP contribution in [-0.4, -0.2) is 31.3 Å². The predicted molar refractivity (Wildman–Crippen MR) is 66.4 cm³/mol. The third-order valence-electron chi connectivity index (χ3n) is 2.88. The van der Waals surface area contributed by atoms with Crippen molar-refractivity contribution in [1.29, 1.82) is 0 Å². The topological polar surface area (TPSA) is 34.1 Å². The third-order valence-corrected chi connectivity index (χ3v) is 2.88. The summed E-state index contributed by atoms with van der Waals surface area (Å²) in [6.45, 7) is 6.13. The fourth-order valence-corrected chi connectivity index (χ4v) is 1.62. The normalized spacial score (nSPS) is 14.7. The van der Waals surface area contributed by atoms with Gasteiger partial charge < -0.3 is 10.1 Å². The second-order valence-electron chi connectivity index (χ2n) is 4.24. The number of hydrogen-bond acceptors (Lipinski definition) is 3. The van der Waals surface area contributed by atoms with Gasteiger partial charge in [0.1, 0.15) is 0 Å². The molecule has 0 aliphatic rings. The molecule has 0 saturated heterocycles. The first-order valence-corrected chi connectivity index (χ1v) is 5.86. The SMILES string of the molecule is COCCNC(C)C(C)Cc1ccccn1. The summed E-state index contributed by atoms with van der Waals surface area (Å²) in [6.07, 6.45) is 2.87. The molecule has 16 heavy (non-hydrogen) atoms. The zero-order valence-corrected chi connectivity index (χ0v) is 10.4. The summed E-state index contributed by atoms with van der Waals surface area (Å²) in [5.41, 5.74) is 1.16. The molecule has 1 N–H and O–H groups in total. The maximum Gasteiger partial charge on any atom is 0.0587 e. The van der Waals surface area contributed by atoms with Crippen molar-refractivity contribution >= 4 is 0 Å². The Morgan fingerprint density at radius 1 is 1.38 bits per heavy atom. The van der Waals surface area contributed by atoms with Gasteiger partial charge in [0.25, 0.3) is 0 Å². The van der Waals surface area contributed by atoms with E-state index in [1.165, 1.54) is 0 Å². The molecule has 0 aliphatic heterocycles. The van der Waals surface area contributed by atoms with Gasteiger partial charge >= 0.3 is 0 Å². The van der Waals surface area contributed by atoms with Crippen LogP contribution in [0.2, 0.25) is 0 Å². The van der Waals surface area contributed by atoms with Crippen LogP contribution < -0.4 is 5.32 Å². The van der Waals surface area contributed by atoms with E-state index in [1.54, 1.807) is 7.11 Å². The molecule has 2 atom stereocenters. The number of methoxy groups -OCH3 is 1. The first-order chi connectivity index (χ1) is 7.74. The Hall–Kier alpha value is -0.930. The number of pyridine rings is 1. The van der Waals surface area contributed by atoms with Crippen molar-refractivity contribution in [3.8, 4) is 0 Å². The molecule has 3 nitrogen and oxygen atoms in total. The Labute approximate surface area is 98.2 Å². The number of hydrogen-bond donors (Lipinski definition) is 1. The molecule has 0 aliphatic carbocycles. The highest BCUT2D eigenvalue weighted by Gasteiger charge is 2.12. The highest BCUT2D eigenvalue weighted by molar-refractivity contribution is 5.04. The van der Waals surface area contributed by atoms with Crippen LogP contribution >= 0.6 is 0 Å². The molecule has 0 amide bonds. The Morgan fingerprint density at radius 2 is 2.19 bits per heavy atom. The van der Waals surface area contributed by atoms with E-state index in [0.29, 0.717) is 12.0 Å². The lowest BCUT2D eigenvalue weighted by Gasteiger charge is -2.20. The van der Waals surface area contributed by atoms with Crippen LogP contribution in [0.5, 0.6) is 0 Å². The standard InChI is InChI=1S/C13H22N2O/c1-11(12(2)14-8-9-16-3)10-13-6-4-5-7-15-13/h4-7,11-12,14H,8-10H2,1-3H3. The summed E-state index contributed by atoms with van der Waals surface area (Å²) >= 11 is 0. The van der Waals surface area contributed by atoms with Gasteiger partial charge in [-0.3, -0.25) is 4.98 Å². The van der Waals surface area contributed by atoms with Crippen LogP contribution in [-0.2, 0) is 11.2 Å². The van der Waals surface area contributed by atoms with Crippen LogP contribution in [0.25, 0.3) is 0 Å². The van der Waals surface area contributed by atoms with Gasteiger partial charge in [-0.15, -0.1) is 0 Å². The van der Waals surface area contributed by atoms with E-state index in [2.05, 4.69) is 30.2 Å². The van der Waals surface area contributed by atoms with Crippen LogP contribution in [0.3, 0.4) is 0 Å². The maximum absolute atomic E-state index is 5.02. The second kappa shape index (κ2) is 7.36. The number of nitrogens with zero attached hydrogens (tertiary/aromatic N) is 1. The highest BCUT2D eigenvalue weighted by atomic mass is 16.5. The smallest absolute Gasteiger partial charge is 0.0587 e. The van der Waals surface area contributed by atoms with Gasteiger partial charge in [0.2, 0.25) is 0 Å². The minimum atomic E-state index is 0.483. The molecule has 1 aromatic rings. The average Bonchev–Trinajstić information content (AvgIpc) is 2.30. The predicted octanol–water partition coefficient (Wildman–Crippen LogP) is 1.88. The third kappa shape index (κ3) is 4.73. The summed E-state index contributed by atoms with van der Waals surface area (Å²) in [4.78, 5) is 4.35. The largest absolute Gasteiger partial charge is 0.383 e. The monoisotopic (exact) mass is 222 g/mol. The number of ether oxygens (including phenoxy) is 1. The molecule has 1 heterocycles. The van der Waals surface area contributed by atoms with Crippen molar-refractivity contribution in [3.05, 3.63) is 30.1 Å². The lowest BCUT2D eigenvalue weighted by Crippen LogP contribution is -2.35. The van der Waals surface area contributed by atoms with E-state index in [1.807, 2.05) is 18.3 Å². The second-order valence-corrected chi connectivity index (χ2v) is 4.24. The van der Waals surface area contributed by atoms with E-state index in [0.717, 1.165) is 25.3 Å². The van der Waals surface area contributed by atoms with Crippen LogP contribution in [0.4, 0.5) is 0 Å². The van der Waals surface area contributed by atoms with E-state index >= 15 is 0 Å². The minimum absolute atomic E-state index is 0.483. The van der Waals surface area contributed by atoms with Gasteiger partial charge in [-0.2, -0.15) is 0 Å². The lowest BCUT2D eigenvalue weighted by molar-refractivity contribution is 0.192. The summed E-state index contributed by atoms with van der Waals surface area (Å²) in [6, 6.07) is 6.56. The molecule has 1 aromatic heterocycles. The first kappa shape index (κ1) is 13.1. The molecule has 0 radical (unpaired) electrons. The lowest BCUT2D eigenvalue weighted by atomic mass is 9.97. The van der Waals surface area contributed by atoms with E-state index in [-0.39, 0.29) is 0 Å². The molecular formula is C13H22N2O. The van der Waals surface area contributed by atoms with Gasteiger partial charge in [0.15, 0.2) is 0 Å². The van der Waals surface area contributed by atoms with Crippen LogP contribution in [0, 0.1) is 5.92 Å². The quantitative estimate of drug-likeness (QED) is 0.715. The van der Waals surface area contributed by atoms with Crippen molar-refractivity contribution in [3.63, 3.8) is 0 Å². The number of nitrogens with one attached hydrogen (secondary N) is 1. The molecule has 2 unspecified atom stereocenters. The molecule has 0 aromatic carbocycles. The summed E-state index contributed by atoms with van der Waals surface area (Å²) in [5.74, 6) is 0.576. The van der Waals surface area contributed by atoms with Crippen molar-refractivity contribution in [1.82, 2.24) is 10.3 Å². The van der Waals surface area contributed by atoms with Gasteiger partial charge in [-0.05, 0) is 31.4 Å². The zero-order chi connectivity index (χ0) is 11.8. The average molecular weight is 222 g/mol. The fourth-order valence-electron chi connectivity index (χ4n) is 1.62. The Bertz CT molecular complexity index is 277. The molecule has 3 heteroatoms. The Kier molecular flexibility index (Phi) is 6.04. The first-order valence-electron chi connectivity index (χ1n) is 5.86. The van der Waals surface area contributed by atoms with Gasteiger partial charge in [-0.25, -0.2) is 0 Å². The Balaban J connectivity index is 2.31. The molecule has 1 rings (SSSR count). The van der Waals surface area contributed by atoms with E-state index < -0.39 is 0 Å². The number of aromatic nitrogens is 1. The van der Waals surface area contributed by atoms with Crippen molar-refractivity contribution < 1.29 is 4.74 Å². The summed E-state index contributed by atoms with van der Waals surface area (Å²) < 4.78 is 5.02. The van der Waals surface area contributed by atoms with Crippen molar-refractivity contribution in [2.75, 3.05) is 20.3 Å². The zero-order valence-electron chi connectivity index (χ0n) is 10.4. The van der Waals surface area contributed by atoms with Crippen LogP contribution in [0.1, 0.15) is 19.5 Å². The van der Waals surface area contributed by atoms with Gasteiger partial charge in [0, 0.05) is 31.6 Å². The maximum atomic E-state index is 5.02. The van der Waals surface area contributed by atoms with E-state index in [9.17, 15) is 0 Å². The molecule has 90 valence electrons. The Morgan fingerprint density at radius 3 is 2.81 bits per heavy atom. The number of rotatable bonds is 7. The summed E-state index contributed by atoms with van der Waals surface area (Å²) in [7, 11) is 1.73. The summed E-state index contributed by atoms with van der Waals surface area (Å²) in [5, 5.41) is 3.45.